The molecule has 0 bridgehead atoms. The summed E-state index contributed by atoms with van der Waals surface area (Å²) in [6.07, 6.45) is 3.85. The summed E-state index contributed by atoms with van der Waals surface area (Å²) in [6.45, 7) is 0.0726. The second kappa shape index (κ2) is 9.04. The zero-order valence-corrected chi connectivity index (χ0v) is 21.7. The zero-order chi connectivity index (χ0) is 27.5. The van der Waals surface area contributed by atoms with Crippen molar-refractivity contribution in [3.8, 4) is 23.0 Å². The van der Waals surface area contributed by atoms with Crippen LogP contribution in [-0.4, -0.2) is 50.8 Å². The largest absolute Gasteiger partial charge is 0.497 e. The minimum Gasteiger partial charge on any atom is -0.497 e. The summed E-state index contributed by atoms with van der Waals surface area (Å²) in [5.41, 5.74) is 2.48. The van der Waals surface area contributed by atoms with E-state index in [4.69, 9.17) is 18.9 Å². The highest BCUT2D eigenvalue weighted by atomic mass is 16.7. The van der Waals surface area contributed by atoms with E-state index in [0.29, 0.717) is 34.4 Å². The minimum absolute atomic E-state index is 0.0726. The fourth-order valence-corrected chi connectivity index (χ4v) is 6.21. The van der Waals surface area contributed by atoms with E-state index < -0.39 is 35.7 Å². The summed E-state index contributed by atoms with van der Waals surface area (Å²) in [5, 5.41) is 2.95. The van der Waals surface area contributed by atoms with Gasteiger partial charge in [0.25, 0.3) is 0 Å². The molecule has 4 aliphatic rings. The van der Waals surface area contributed by atoms with E-state index in [2.05, 4.69) is 5.32 Å². The number of anilines is 3. The van der Waals surface area contributed by atoms with Crippen molar-refractivity contribution in [2.45, 2.75) is 12.1 Å². The Morgan fingerprint density at radius 1 is 0.925 bits per heavy atom. The van der Waals surface area contributed by atoms with Gasteiger partial charge in [-0.05, 0) is 35.9 Å². The number of carbonyl (C=O) groups is 3. The van der Waals surface area contributed by atoms with Crippen molar-refractivity contribution in [3.05, 3.63) is 72.3 Å². The molecule has 7 rings (SSSR count). The molecule has 4 atom stereocenters. The van der Waals surface area contributed by atoms with Crippen LogP contribution in [0.25, 0.3) is 6.08 Å². The second-order valence-electron chi connectivity index (χ2n) is 9.92. The second-order valence-corrected chi connectivity index (χ2v) is 9.92. The molecule has 0 saturated carbocycles. The molecule has 3 aromatic rings. The summed E-state index contributed by atoms with van der Waals surface area (Å²) in [4.78, 5) is 45.3. The van der Waals surface area contributed by atoms with Gasteiger partial charge in [0.1, 0.15) is 17.5 Å². The Balaban J connectivity index is 1.31. The standard InChI is InChI=1S/C30H25N3O7/c1-37-18-9-12-22(38-2)19(14-18)31-28(34)27-26-25(21-10-7-16-5-3-4-6-20(16)33(21)27)29(35)32(30(26)36)17-8-11-23-24(13-17)40-15-39-23/h3-14,21,25-27H,15H2,1-2H3,(H,31,34)/t21-,25-,26+,27-/m1/s1. The number of nitrogens with one attached hydrogen (secondary N) is 1. The average molecular weight is 540 g/mol. The van der Waals surface area contributed by atoms with Crippen molar-refractivity contribution in [1.29, 1.82) is 0 Å². The van der Waals surface area contributed by atoms with Crippen LogP contribution in [0.15, 0.2) is 66.7 Å². The van der Waals surface area contributed by atoms with E-state index in [0.717, 1.165) is 11.3 Å². The normalized spacial score (nSPS) is 23.6. The van der Waals surface area contributed by atoms with E-state index in [1.807, 2.05) is 41.3 Å². The summed E-state index contributed by atoms with van der Waals surface area (Å²) in [5.74, 6) is -0.924. The van der Waals surface area contributed by atoms with Crippen molar-refractivity contribution < 1.29 is 33.3 Å². The highest BCUT2D eigenvalue weighted by Crippen LogP contribution is 2.50. The third-order valence-corrected chi connectivity index (χ3v) is 7.96. The molecule has 40 heavy (non-hydrogen) atoms. The number of rotatable bonds is 5. The van der Waals surface area contributed by atoms with Crippen LogP contribution in [0.5, 0.6) is 23.0 Å². The van der Waals surface area contributed by atoms with Crippen LogP contribution in [0.2, 0.25) is 0 Å². The SMILES string of the molecule is COc1ccc(OC)c(NC(=O)[C@H]2[C@H]3C(=O)N(c4ccc5c(c4)OCO5)C(=O)[C@@H]3[C@H]3C=Cc4ccccc4N32)c1. The van der Waals surface area contributed by atoms with Gasteiger partial charge in [-0.3, -0.25) is 14.4 Å². The van der Waals surface area contributed by atoms with Crippen LogP contribution in [0, 0.1) is 11.8 Å². The molecule has 4 aliphatic heterocycles. The van der Waals surface area contributed by atoms with Gasteiger partial charge in [0.15, 0.2) is 11.5 Å². The molecular formula is C30H25N3O7. The number of nitrogens with zero attached hydrogens (tertiary/aromatic N) is 2. The van der Waals surface area contributed by atoms with E-state index in [1.54, 1.807) is 36.4 Å². The maximum absolute atomic E-state index is 14.1. The highest BCUT2D eigenvalue weighted by Gasteiger charge is 2.64. The Bertz CT molecular complexity index is 1600. The molecule has 10 nitrogen and oxygen atoms in total. The van der Waals surface area contributed by atoms with Crippen molar-refractivity contribution in [3.63, 3.8) is 0 Å². The van der Waals surface area contributed by atoms with Crippen molar-refractivity contribution in [1.82, 2.24) is 0 Å². The van der Waals surface area contributed by atoms with Gasteiger partial charge in [0.05, 0.1) is 43.5 Å². The molecule has 3 amide bonds. The number of para-hydroxylation sites is 1. The number of benzene rings is 3. The first-order chi connectivity index (χ1) is 19.5. The summed E-state index contributed by atoms with van der Waals surface area (Å²) < 4.78 is 21.7. The van der Waals surface area contributed by atoms with Crippen LogP contribution in [0.4, 0.5) is 17.1 Å². The first-order valence-corrected chi connectivity index (χ1v) is 12.9. The average Bonchev–Trinajstić information content (AvgIpc) is 3.65. The van der Waals surface area contributed by atoms with Crippen LogP contribution in [-0.2, 0) is 14.4 Å². The molecule has 0 aliphatic carbocycles. The van der Waals surface area contributed by atoms with Crippen molar-refractivity contribution >= 4 is 40.9 Å². The van der Waals surface area contributed by atoms with E-state index in [-0.39, 0.29) is 12.7 Å². The molecule has 3 aromatic carbocycles. The highest BCUT2D eigenvalue weighted by molar-refractivity contribution is 6.25. The first kappa shape index (κ1) is 24.1. The van der Waals surface area contributed by atoms with E-state index >= 15 is 0 Å². The molecule has 2 fully saturated rings. The molecule has 0 spiro atoms. The predicted octanol–water partition coefficient (Wildman–Crippen LogP) is 3.46. The fourth-order valence-electron chi connectivity index (χ4n) is 6.21. The quantitative estimate of drug-likeness (QED) is 0.492. The summed E-state index contributed by atoms with van der Waals surface area (Å²) in [7, 11) is 3.04. The number of hydrogen-bond acceptors (Lipinski definition) is 8. The third kappa shape index (κ3) is 3.45. The van der Waals surface area contributed by atoms with Gasteiger partial charge >= 0.3 is 0 Å². The lowest BCUT2D eigenvalue weighted by Crippen LogP contribution is -2.50. The molecule has 2 saturated heterocycles. The van der Waals surface area contributed by atoms with Gasteiger partial charge in [-0.1, -0.05) is 30.4 Å². The van der Waals surface area contributed by atoms with Crippen LogP contribution >= 0.6 is 0 Å². The number of imide groups is 1. The molecule has 0 unspecified atom stereocenters. The van der Waals surface area contributed by atoms with Gasteiger partial charge in [0.2, 0.25) is 24.5 Å². The Morgan fingerprint density at radius 2 is 1.73 bits per heavy atom. The Hall–Kier alpha value is -4.99. The molecule has 4 heterocycles. The summed E-state index contributed by atoms with van der Waals surface area (Å²) >= 11 is 0. The predicted molar refractivity (Wildman–Crippen MR) is 146 cm³/mol. The smallest absolute Gasteiger partial charge is 0.248 e. The Morgan fingerprint density at radius 3 is 2.55 bits per heavy atom. The van der Waals surface area contributed by atoms with E-state index in [9.17, 15) is 14.4 Å². The maximum atomic E-state index is 14.1. The fraction of sp³-hybridized carbons (Fsp3) is 0.233. The molecule has 1 N–H and O–H groups in total. The monoisotopic (exact) mass is 539 g/mol. The lowest BCUT2D eigenvalue weighted by molar-refractivity contribution is -0.126. The zero-order valence-electron chi connectivity index (χ0n) is 21.7. The lowest BCUT2D eigenvalue weighted by Gasteiger charge is -2.36. The Kier molecular flexibility index (Phi) is 5.44. The molecule has 202 valence electrons. The van der Waals surface area contributed by atoms with Gasteiger partial charge in [-0.25, -0.2) is 4.90 Å². The van der Waals surface area contributed by atoms with Gasteiger partial charge in [0, 0.05) is 17.8 Å². The molecule has 0 aromatic heterocycles. The van der Waals surface area contributed by atoms with Gasteiger partial charge in [-0.2, -0.15) is 0 Å². The number of amides is 3. The number of hydrogen-bond donors (Lipinski definition) is 1. The lowest BCUT2D eigenvalue weighted by atomic mass is 9.88. The number of fused-ring (bicyclic) bond motifs is 6. The van der Waals surface area contributed by atoms with Crippen LogP contribution in [0.3, 0.4) is 0 Å². The minimum atomic E-state index is -0.965. The van der Waals surface area contributed by atoms with Gasteiger partial charge < -0.3 is 29.2 Å². The van der Waals surface area contributed by atoms with Crippen LogP contribution < -0.4 is 34.1 Å². The summed E-state index contributed by atoms with van der Waals surface area (Å²) in [6, 6.07) is 16.2. The Labute approximate surface area is 229 Å². The van der Waals surface area contributed by atoms with Gasteiger partial charge in [-0.15, -0.1) is 0 Å². The number of ether oxygens (including phenoxy) is 4. The topological polar surface area (TPSA) is 107 Å². The molecule has 0 radical (unpaired) electrons. The maximum Gasteiger partial charge on any atom is 0.248 e. The third-order valence-electron chi connectivity index (χ3n) is 7.96. The van der Waals surface area contributed by atoms with E-state index in [1.165, 1.54) is 19.1 Å². The first-order valence-electron chi connectivity index (χ1n) is 12.9. The van der Waals surface area contributed by atoms with Crippen molar-refractivity contribution in [2.75, 3.05) is 36.1 Å². The number of methoxy groups -OCH3 is 2. The molecule has 10 heteroatoms. The van der Waals surface area contributed by atoms with Crippen molar-refractivity contribution in [2.24, 2.45) is 11.8 Å². The number of carbonyl (C=O) groups excluding carboxylic acids is 3. The van der Waals surface area contributed by atoms with Crippen LogP contribution in [0.1, 0.15) is 5.56 Å². The molecular weight excluding hydrogens is 514 g/mol.